The molecule has 0 radical (unpaired) electrons. The third kappa shape index (κ3) is 4.67. The number of anilines is 1. The summed E-state index contributed by atoms with van der Waals surface area (Å²) >= 11 is 12.0. The minimum atomic E-state index is -3.51. The van der Waals surface area contributed by atoms with E-state index >= 15 is 0 Å². The number of sulfonamides is 1. The van der Waals surface area contributed by atoms with Crippen LogP contribution in [0.15, 0.2) is 53.4 Å². The van der Waals surface area contributed by atoms with Crippen molar-refractivity contribution in [3.8, 4) is 0 Å². The van der Waals surface area contributed by atoms with E-state index in [0.717, 1.165) is 0 Å². The first-order valence-electron chi connectivity index (χ1n) is 8.84. The zero-order valence-electron chi connectivity index (χ0n) is 15.3. The van der Waals surface area contributed by atoms with E-state index in [0.29, 0.717) is 41.9 Å². The Labute approximate surface area is 175 Å². The smallest absolute Gasteiger partial charge is 0.243 e. The van der Waals surface area contributed by atoms with E-state index < -0.39 is 16.1 Å². The van der Waals surface area contributed by atoms with Crippen molar-refractivity contribution in [1.29, 1.82) is 0 Å². The van der Waals surface area contributed by atoms with Crippen LogP contribution in [-0.4, -0.2) is 55.8 Å². The molecule has 1 heterocycles. The molecule has 1 N–H and O–H groups in total. The van der Waals surface area contributed by atoms with Gasteiger partial charge in [0, 0.05) is 31.2 Å². The summed E-state index contributed by atoms with van der Waals surface area (Å²) in [5.74, 6) is -0.205. The van der Waals surface area contributed by atoms with Gasteiger partial charge in [0.05, 0.1) is 21.6 Å². The predicted octanol–water partition coefficient (Wildman–Crippen LogP) is 3.33. The normalized spacial score (nSPS) is 17.2. The molecule has 150 valence electrons. The molecule has 6 nitrogen and oxygen atoms in total. The largest absolute Gasteiger partial charge is 0.323 e. The number of halogens is 2. The highest BCUT2D eigenvalue weighted by molar-refractivity contribution is 7.89. The van der Waals surface area contributed by atoms with Gasteiger partial charge in [-0.1, -0.05) is 41.4 Å². The number of rotatable bonds is 5. The molecule has 0 bridgehead atoms. The minimum absolute atomic E-state index is 0.205. The molecule has 3 rings (SSSR count). The molecule has 9 heteroatoms. The Bertz CT molecular complexity index is 946. The molecule has 0 unspecified atom stereocenters. The quantitative estimate of drug-likeness (QED) is 0.772. The Hall–Kier alpha value is -1.64. The molecule has 1 saturated heterocycles. The van der Waals surface area contributed by atoms with Gasteiger partial charge in [-0.3, -0.25) is 9.69 Å². The Morgan fingerprint density at radius 2 is 1.68 bits per heavy atom. The number of amides is 1. The molecule has 2 aromatic rings. The van der Waals surface area contributed by atoms with Crippen LogP contribution in [0.5, 0.6) is 0 Å². The van der Waals surface area contributed by atoms with E-state index in [1.165, 1.54) is 4.31 Å². The van der Waals surface area contributed by atoms with E-state index in [9.17, 15) is 13.2 Å². The van der Waals surface area contributed by atoms with Gasteiger partial charge in [-0.05, 0) is 37.3 Å². The number of benzene rings is 2. The van der Waals surface area contributed by atoms with Crippen molar-refractivity contribution in [2.24, 2.45) is 0 Å². The summed E-state index contributed by atoms with van der Waals surface area (Å²) in [4.78, 5) is 14.8. The summed E-state index contributed by atoms with van der Waals surface area (Å²) < 4.78 is 26.9. The second-order valence-electron chi connectivity index (χ2n) is 6.54. The molecule has 28 heavy (non-hydrogen) atoms. The maximum atomic E-state index is 12.7. The number of nitrogens with one attached hydrogen (secondary N) is 1. The maximum Gasteiger partial charge on any atom is 0.243 e. The maximum absolute atomic E-state index is 12.7. The molecule has 2 aromatic carbocycles. The molecule has 1 atom stereocenters. The highest BCUT2D eigenvalue weighted by Crippen LogP contribution is 2.26. The molecule has 0 aliphatic carbocycles. The number of carbonyl (C=O) groups is 1. The van der Waals surface area contributed by atoms with Gasteiger partial charge in [0.15, 0.2) is 0 Å². The average Bonchev–Trinajstić information content (AvgIpc) is 2.70. The second-order valence-corrected chi connectivity index (χ2v) is 9.32. The third-order valence-electron chi connectivity index (χ3n) is 4.77. The summed E-state index contributed by atoms with van der Waals surface area (Å²) in [7, 11) is -3.51. The summed E-state index contributed by atoms with van der Waals surface area (Å²) in [5, 5.41) is 3.66. The highest BCUT2D eigenvalue weighted by atomic mass is 35.5. The van der Waals surface area contributed by atoms with Crippen molar-refractivity contribution in [3.63, 3.8) is 0 Å². The topological polar surface area (TPSA) is 69.7 Å². The number of carbonyl (C=O) groups excluding carboxylic acids is 1. The summed E-state index contributed by atoms with van der Waals surface area (Å²) in [6.07, 6.45) is 0. The first-order valence-corrected chi connectivity index (χ1v) is 11.0. The van der Waals surface area contributed by atoms with Crippen molar-refractivity contribution in [3.05, 3.63) is 58.6 Å². The van der Waals surface area contributed by atoms with Crippen molar-refractivity contribution >= 4 is 44.8 Å². The Morgan fingerprint density at radius 1 is 1.04 bits per heavy atom. The van der Waals surface area contributed by atoms with Gasteiger partial charge in [0.1, 0.15) is 0 Å². The van der Waals surface area contributed by atoms with E-state index in [2.05, 4.69) is 5.32 Å². The van der Waals surface area contributed by atoms with Gasteiger partial charge in [0.2, 0.25) is 15.9 Å². The van der Waals surface area contributed by atoms with Crippen LogP contribution in [0.2, 0.25) is 10.0 Å². The molecule has 1 fully saturated rings. The molecular weight excluding hydrogens is 421 g/mol. The van der Waals surface area contributed by atoms with E-state index in [1.54, 1.807) is 55.5 Å². The second kappa shape index (κ2) is 8.80. The molecule has 1 amide bonds. The fourth-order valence-corrected chi connectivity index (χ4v) is 4.97. The van der Waals surface area contributed by atoms with Gasteiger partial charge in [-0.2, -0.15) is 4.31 Å². The molecule has 0 spiro atoms. The van der Waals surface area contributed by atoms with Crippen molar-refractivity contribution in [1.82, 2.24) is 9.21 Å². The average molecular weight is 442 g/mol. The fraction of sp³-hybridized carbons (Fsp3) is 0.316. The van der Waals surface area contributed by atoms with Gasteiger partial charge >= 0.3 is 0 Å². The fourth-order valence-electron chi connectivity index (χ4n) is 3.07. The SMILES string of the molecule is C[C@H](C(=O)Nc1ccc(Cl)cc1Cl)N1CCN(S(=O)(=O)c2ccccc2)CC1. The zero-order chi connectivity index (χ0) is 20.3. The lowest BCUT2D eigenvalue weighted by molar-refractivity contribution is -0.121. The van der Waals surface area contributed by atoms with Crippen LogP contribution in [0.4, 0.5) is 5.69 Å². The number of hydrogen-bond acceptors (Lipinski definition) is 4. The minimum Gasteiger partial charge on any atom is -0.323 e. The van der Waals surface area contributed by atoms with Crippen LogP contribution in [0.1, 0.15) is 6.92 Å². The Balaban J connectivity index is 1.60. The Morgan fingerprint density at radius 3 is 2.29 bits per heavy atom. The Kier molecular flexibility index (Phi) is 6.62. The molecule has 0 aromatic heterocycles. The third-order valence-corrected chi connectivity index (χ3v) is 7.23. The lowest BCUT2D eigenvalue weighted by Gasteiger charge is -2.36. The molecular formula is C19H21Cl2N3O3S. The highest BCUT2D eigenvalue weighted by Gasteiger charge is 2.31. The molecule has 1 aliphatic heterocycles. The van der Waals surface area contributed by atoms with Crippen LogP contribution in [0, 0.1) is 0 Å². The van der Waals surface area contributed by atoms with Crippen molar-refractivity contribution in [2.45, 2.75) is 17.9 Å². The van der Waals surface area contributed by atoms with Crippen LogP contribution in [-0.2, 0) is 14.8 Å². The van der Waals surface area contributed by atoms with Crippen LogP contribution >= 0.6 is 23.2 Å². The van der Waals surface area contributed by atoms with E-state index in [4.69, 9.17) is 23.2 Å². The van der Waals surface area contributed by atoms with Gasteiger partial charge in [-0.25, -0.2) is 8.42 Å². The molecule has 1 aliphatic rings. The van der Waals surface area contributed by atoms with Crippen LogP contribution in [0.25, 0.3) is 0 Å². The van der Waals surface area contributed by atoms with Crippen LogP contribution < -0.4 is 5.32 Å². The predicted molar refractivity (Wildman–Crippen MR) is 111 cm³/mol. The summed E-state index contributed by atoms with van der Waals surface area (Å²) in [5.41, 5.74) is 0.494. The van der Waals surface area contributed by atoms with E-state index in [1.807, 2.05) is 4.90 Å². The number of piperazine rings is 1. The number of nitrogens with zero attached hydrogens (tertiary/aromatic N) is 2. The molecule has 0 saturated carbocycles. The number of hydrogen-bond donors (Lipinski definition) is 1. The van der Waals surface area contributed by atoms with Gasteiger partial charge in [-0.15, -0.1) is 0 Å². The van der Waals surface area contributed by atoms with Gasteiger partial charge < -0.3 is 5.32 Å². The van der Waals surface area contributed by atoms with Gasteiger partial charge in [0.25, 0.3) is 0 Å². The first kappa shape index (κ1) is 21.1. The summed E-state index contributed by atoms with van der Waals surface area (Å²) in [6, 6.07) is 12.8. The lowest BCUT2D eigenvalue weighted by atomic mass is 10.2. The van der Waals surface area contributed by atoms with Crippen molar-refractivity contribution < 1.29 is 13.2 Å². The zero-order valence-corrected chi connectivity index (χ0v) is 17.6. The monoisotopic (exact) mass is 441 g/mol. The lowest BCUT2D eigenvalue weighted by Crippen LogP contribution is -2.53. The van der Waals surface area contributed by atoms with Crippen molar-refractivity contribution in [2.75, 3.05) is 31.5 Å². The van der Waals surface area contributed by atoms with E-state index in [-0.39, 0.29) is 10.8 Å². The standard InChI is InChI=1S/C19H21Cl2N3O3S/c1-14(19(25)22-18-8-7-15(20)13-17(18)21)23-9-11-24(12-10-23)28(26,27)16-5-3-2-4-6-16/h2-8,13-14H,9-12H2,1H3,(H,22,25)/t14-/m1/s1. The summed E-state index contributed by atoms with van der Waals surface area (Å²) in [6.45, 7) is 3.39. The first-order chi connectivity index (χ1) is 13.3. The van der Waals surface area contributed by atoms with Crippen LogP contribution in [0.3, 0.4) is 0 Å².